The van der Waals surface area contributed by atoms with E-state index in [-0.39, 0.29) is 35.9 Å². The second kappa shape index (κ2) is 13.3. The molecule has 0 aliphatic carbocycles. The molecule has 2 saturated heterocycles. The summed E-state index contributed by atoms with van der Waals surface area (Å²) in [6.45, 7) is 11.2. The molecule has 0 bridgehead atoms. The van der Waals surface area contributed by atoms with Crippen LogP contribution in [0.15, 0.2) is 4.99 Å². The van der Waals surface area contributed by atoms with E-state index in [1.54, 1.807) is 7.11 Å². The Morgan fingerprint density at radius 2 is 1.81 bits per heavy atom. The van der Waals surface area contributed by atoms with Crippen LogP contribution >= 0.6 is 24.0 Å². The van der Waals surface area contributed by atoms with Gasteiger partial charge in [-0.15, -0.1) is 34.2 Å². The van der Waals surface area contributed by atoms with E-state index in [0.29, 0.717) is 13.2 Å². The molecule has 0 aromatic carbocycles. The highest BCUT2D eigenvalue weighted by atomic mass is 127. The molecule has 0 saturated carbocycles. The third kappa shape index (κ3) is 7.01. The van der Waals surface area contributed by atoms with Gasteiger partial charge in [0, 0.05) is 66.6 Å². The number of likely N-dealkylation sites (tertiary alicyclic amines) is 1. The first-order valence-electron chi connectivity index (χ1n) is 11.4. The van der Waals surface area contributed by atoms with Crippen LogP contribution in [-0.4, -0.2) is 107 Å². The molecule has 1 atom stereocenters. The topological polar surface area (TPSA) is 91.1 Å². The quantitative estimate of drug-likeness (QED) is 0.218. The number of piperazine rings is 1. The number of guanidine groups is 1. The molecule has 1 N–H and O–H groups in total. The minimum Gasteiger partial charge on any atom is -0.385 e. The lowest BCUT2D eigenvalue weighted by molar-refractivity contribution is -0.135. The molecular weight excluding hydrogens is 523 g/mol. The molecule has 2 aliphatic heterocycles. The fraction of sp³-hybridized carbons (Fsp3) is 0.810. The van der Waals surface area contributed by atoms with E-state index in [4.69, 9.17) is 9.73 Å². The number of methoxy groups -OCH3 is 1. The number of carbonyl (C=O) groups excluding carboxylic acids is 1. The summed E-state index contributed by atoms with van der Waals surface area (Å²) >= 11 is 0. The molecule has 0 spiro atoms. The standard InChI is InChI=1S/C21H38N8O2.HI/c1-17(20(30)28-9-5-6-10-28)27-11-13-29(14-12-27)21(22-8-7-15-31-4)23-16-19-25-24-18(2)26(19)3;/h17H,5-16H2,1-4H3,(H,22,23);1H. The number of ether oxygens (including phenoxy) is 1. The Morgan fingerprint density at radius 1 is 1.12 bits per heavy atom. The predicted molar refractivity (Wildman–Crippen MR) is 135 cm³/mol. The number of halogens is 1. The van der Waals surface area contributed by atoms with Crippen molar-refractivity contribution in [1.82, 2.24) is 34.8 Å². The molecule has 2 fully saturated rings. The van der Waals surface area contributed by atoms with Crippen molar-refractivity contribution < 1.29 is 9.53 Å². The van der Waals surface area contributed by atoms with Crippen LogP contribution in [-0.2, 0) is 23.1 Å². The number of nitrogens with one attached hydrogen (secondary N) is 1. The van der Waals surface area contributed by atoms with Crippen LogP contribution in [0.3, 0.4) is 0 Å². The van der Waals surface area contributed by atoms with E-state index in [1.165, 1.54) is 0 Å². The third-order valence-electron chi connectivity index (χ3n) is 6.30. The van der Waals surface area contributed by atoms with Gasteiger partial charge in [-0.05, 0) is 33.1 Å². The monoisotopic (exact) mass is 562 g/mol. The molecule has 1 aromatic heterocycles. The fourth-order valence-electron chi connectivity index (χ4n) is 4.10. The van der Waals surface area contributed by atoms with Gasteiger partial charge in [0.15, 0.2) is 11.8 Å². The highest BCUT2D eigenvalue weighted by Gasteiger charge is 2.30. The first-order chi connectivity index (χ1) is 15.0. The van der Waals surface area contributed by atoms with Crippen LogP contribution in [0.2, 0.25) is 0 Å². The van der Waals surface area contributed by atoms with Crippen LogP contribution in [0.25, 0.3) is 0 Å². The maximum absolute atomic E-state index is 12.8. The number of rotatable bonds is 8. The van der Waals surface area contributed by atoms with Crippen LogP contribution in [0.5, 0.6) is 0 Å². The van der Waals surface area contributed by atoms with E-state index in [9.17, 15) is 4.79 Å². The largest absolute Gasteiger partial charge is 0.385 e. The van der Waals surface area contributed by atoms with E-state index in [2.05, 4.69) is 25.3 Å². The average molecular weight is 563 g/mol. The first kappa shape index (κ1) is 26.8. The summed E-state index contributed by atoms with van der Waals surface area (Å²) in [5.74, 6) is 2.88. The lowest BCUT2D eigenvalue weighted by Crippen LogP contribution is -2.57. The van der Waals surface area contributed by atoms with Crippen LogP contribution in [0, 0.1) is 6.92 Å². The van der Waals surface area contributed by atoms with Crippen molar-refractivity contribution in [3.05, 3.63) is 11.6 Å². The molecule has 1 aromatic rings. The Hall–Kier alpha value is -1.47. The fourth-order valence-corrected chi connectivity index (χ4v) is 4.10. The Labute approximate surface area is 208 Å². The van der Waals surface area contributed by atoms with Crippen LogP contribution < -0.4 is 5.32 Å². The smallest absolute Gasteiger partial charge is 0.239 e. The van der Waals surface area contributed by atoms with Gasteiger partial charge in [0.25, 0.3) is 0 Å². The molecule has 1 amide bonds. The molecule has 182 valence electrons. The van der Waals surface area contributed by atoms with Gasteiger partial charge in [0.05, 0.1) is 6.04 Å². The second-order valence-electron chi connectivity index (χ2n) is 8.37. The molecule has 10 nitrogen and oxygen atoms in total. The summed E-state index contributed by atoms with van der Waals surface area (Å²) in [4.78, 5) is 24.2. The van der Waals surface area contributed by atoms with Gasteiger partial charge in [-0.3, -0.25) is 9.69 Å². The van der Waals surface area contributed by atoms with Gasteiger partial charge in [0.2, 0.25) is 5.91 Å². The number of hydrogen-bond acceptors (Lipinski definition) is 6. The van der Waals surface area contributed by atoms with Crippen molar-refractivity contribution in [3.63, 3.8) is 0 Å². The number of aryl methyl sites for hydroxylation is 1. The van der Waals surface area contributed by atoms with E-state index in [1.807, 2.05) is 30.4 Å². The molecule has 3 rings (SSSR count). The van der Waals surface area contributed by atoms with E-state index >= 15 is 0 Å². The summed E-state index contributed by atoms with van der Waals surface area (Å²) in [6.07, 6.45) is 3.18. The summed E-state index contributed by atoms with van der Waals surface area (Å²) in [5, 5.41) is 11.8. The molecule has 1 unspecified atom stereocenters. The number of aliphatic imine (C=N–C) groups is 1. The second-order valence-corrected chi connectivity index (χ2v) is 8.37. The number of nitrogens with zero attached hydrogens (tertiary/aromatic N) is 7. The Kier molecular flexibility index (Phi) is 11.1. The molecule has 0 radical (unpaired) electrons. The molecular formula is C21H39IN8O2. The molecule has 2 aliphatic rings. The van der Waals surface area contributed by atoms with E-state index in [0.717, 1.165) is 82.7 Å². The van der Waals surface area contributed by atoms with Crippen molar-refractivity contribution in [1.29, 1.82) is 0 Å². The van der Waals surface area contributed by atoms with Crippen LogP contribution in [0.1, 0.15) is 37.8 Å². The van der Waals surface area contributed by atoms with Gasteiger partial charge >= 0.3 is 0 Å². The lowest BCUT2D eigenvalue weighted by atomic mass is 10.2. The third-order valence-corrected chi connectivity index (χ3v) is 6.30. The summed E-state index contributed by atoms with van der Waals surface area (Å²) < 4.78 is 7.13. The number of aromatic nitrogens is 3. The highest BCUT2D eigenvalue weighted by molar-refractivity contribution is 14.0. The minimum absolute atomic E-state index is 0. The maximum Gasteiger partial charge on any atom is 0.239 e. The molecule has 3 heterocycles. The maximum atomic E-state index is 12.8. The van der Waals surface area contributed by atoms with Gasteiger partial charge in [-0.1, -0.05) is 0 Å². The van der Waals surface area contributed by atoms with Crippen molar-refractivity contribution in [2.24, 2.45) is 12.0 Å². The van der Waals surface area contributed by atoms with Crippen molar-refractivity contribution in [2.45, 2.75) is 45.7 Å². The molecule has 11 heteroatoms. The number of carbonyl (C=O) groups is 1. The number of hydrogen-bond donors (Lipinski definition) is 1. The summed E-state index contributed by atoms with van der Waals surface area (Å²) in [5.41, 5.74) is 0. The van der Waals surface area contributed by atoms with Gasteiger partial charge < -0.3 is 24.4 Å². The highest BCUT2D eigenvalue weighted by Crippen LogP contribution is 2.14. The first-order valence-corrected chi connectivity index (χ1v) is 11.4. The zero-order valence-corrected chi connectivity index (χ0v) is 22.2. The van der Waals surface area contributed by atoms with Crippen molar-refractivity contribution in [2.75, 3.05) is 59.5 Å². The van der Waals surface area contributed by atoms with Crippen LogP contribution in [0.4, 0.5) is 0 Å². The zero-order chi connectivity index (χ0) is 22.2. The Morgan fingerprint density at radius 3 is 2.41 bits per heavy atom. The SMILES string of the molecule is COCCCNC(=NCc1nnc(C)n1C)N1CCN(C(C)C(=O)N2CCCC2)CC1.I. The molecule has 32 heavy (non-hydrogen) atoms. The number of amides is 1. The summed E-state index contributed by atoms with van der Waals surface area (Å²) in [6, 6.07) is -0.0584. The Balaban J connectivity index is 0.00000363. The van der Waals surface area contributed by atoms with Gasteiger partial charge in [-0.2, -0.15) is 0 Å². The van der Waals surface area contributed by atoms with Gasteiger partial charge in [-0.25, -0.2) is 4.99 Å². The van der Waals surface area contributed by atoms with Gasteiger partial charge in [0.1, 0.15) is 12.4 Å². The Bertz CT molecular complexity index is 742. The lowest BCUT2D eigenvalue weighted by Gasteiger charge is -2.39. The van der Waals surface area contributed by atoms with Crippen molar-refractivity contribution >= 4 is 35.8 Å². The zero-order valence-electron chi connectivity index (χ0n) is 19.9. The van der Waals surface area contributed by atoms with Crippen molar-refractivity contribution in [3.8, 4) is 0 Å². The summed E-state index contributed by atoms with van der Waals surface area (Å²) in [7, 11) is 3.68. The average Bonchev–Trinajstić information content (AvgIpc) is 3.44. The van der Waals surface area contributed by atoms with E-state index < -0.39 is 0 Å². The normalized spacial score (nSPS) is 18.6. The minimum atomic E-state index is -0.0584. The predicted octanol–water partition coefficient (Wildman–Crippen LogP) is 0.852.